The van der Waals surface area contributed by atoms with E-state index in [1.165, 1.54) is 12.3 Å². The number of carbonyl (C=O) groups is 1. The monoisotopic (exact) mass is 326 g/mol. The lowest BCUT2D eigenvalue weighted by Gasteiger charge is -2.08. The lowest BCUT2D eigenvalue weighted by Crippen LogP contribution is -2.01. The fraction of sp³-hybridized carbons (Fsp3) is 0. The van der Waals surface area contributed by atoms with Crippen molar-refractivity contribution in [2.24, 2.45) is 0 Å². The molecular formula is C12H8BrClN2O2. The quantitative estimate of drug-likeness (QED) is 0.896. The number of halogens is 2. The summed E-state index contributed by atoms with van der Waals surface area (Å²) in [4.78, 5) is 15.0. The van der Waals surface area contributed by atoms with Gasteiger partial charge in [0, 0.05) is 10.7 Å². The van der Waals surface area contributed by atoms with Gasteiger partial charge in [0.15, 0.2) is 0 Å². The maximum atomic E-state index is 10.9. The molecule has 2 N–H and O–H groups in total. The van der Waals surface area contributed by atoms with Crippen LogP contribution in [-0.2, 0) is 0 Å². The van der Waals surface area contributed by atoms with E-state index in [4.69, 9.17) is 16.7 Å². The van der Waals surface area contributed by atoms with Crippen LogP contribution in [0.2, 0.25) is 5.02 Å². The highest BCUT2D eigenvalue weighted by molar-refractivity contribution is 9.10. The van der Waals surface area contributed by atoms with Gasteiger partial charge < -0.3 is 10.4 Å². The molecule has 2 aromatic rings. The van der Waals surface area contributed by atoms with Crippen LogP contribution in [0.5, 0.6) is 0 Å². The van der Waals surface area contributed by atoms with Gasteiger partial charge in [0.2, 0.25) is 0 Å². The fourth-order valence-electron chi connectivity index (χ4n) is 1.37. The van der Waals surface area contributed by atoms with Crippen molar-refractivity contribution >= 4 is 45.0 Å². The molecule has 0 amide bonds. The Bertz CT molecular complexity index is 604. The lowest BCUT2D eigenvalue weighted by molar-refractivity contribution is 0.0697. The third kappa shape index (κ3) is 2.80. The van der Waals surface area contributed by atoms with Crippen LogP contribution in [0.25, 0.3) is 0 Å². The topological polar surface area (TPSA) is 62.2 Å². The average molecular weight is 328 g/mol. The van der Waals surface area contributed by atoms with Crippen LogP contribution in [0, 0.1) is 0 Å². The number of pyridine rings is 1. The van der Waals surface area contributed by atoms with E-state index in [0.717, 1.165) is 10.2 Å². The van der Waals surface area contributed by atoms with Crippen molar-refractivity contribution < 1.29 is 9.90 Å². The van der Waals surface area contributed by atoms with Gasteiger partial charge in [-0.1, -0.05) is 23.7 Å². The maximum absolute atomic E-state index is 10.9. The van der Waals surface area contributed by atoms with Gasteiger partial charge >= 0.3 is 5.97 Å². The molecule has 0 spiro atoms. The summed E-state index contributed by atoms with van der Waals surface area (Å²) in [6.45, 7) is 0. The van der Waals surface area contributed by atoms with E-state index >= 15 is 0 Å². The molecule has 0 aliphatic carbocycles. The van der Waals surface area contributed by atoms with Crippen LogP contribution >= 0.6 is 27.5 Å². The normalized spacial score (nSPS) is 10.1. The minimum atomic E-state index is -1.09. The molecule has 2 rings (SSSR count). The molecule has 0 saturated carbocycles. The van der Waals surface area contributed by atoms with Gasteiger partial charge in [0.1, 0.15) is 5.82 Å². The first-order valence-electron chi connectivity index (χ1n) is 4.98. The smallest absolute Gasteiger partial charge is 0.337 e. The molecule has 0 fully saturated rings. The van der Waals surface area contributed by atoms with Crippen molar-refractivity contribution in [2.75, 3.05) is 5.32 Å². The predicted molar refractivity (Wildman–Crippen MR) is 73.6 cm³/mol. The number of nitrogens with one attached hydrogen (secondary N) is 1. The number of anilines is 2. The number of benzene rings is 1. The lowest BCUT2D eigenvalue weighted by atomic mass is 10.2. The summed E-state index contributed by atoms with van der Waals surface area (Å²) in [5.41, 5.74) is 0.810. The predicted octanol–water partition coefficient (Wildman–Crippen LogP) is 3.94. The van der Waals surface area contributed by atoms with Gasteiger partial charge in [-0.2, -0.15) is 0 Å². The number of aromatic nitrogens is 1. The van der Waals surface area contributed by atoms with E-state index in [9.17, 15) is 4.79 Å². The van der Waals surface area contributed by atoms with Crippen LogP contribution < -0.4 is 5.32 Å². The standard InChI is InChI=1S/C12H8BrClN2O2/c13-8-3-1-2-4-10(8)16-11-5-7(12(17)18)9(14)6-15-11/h1-6H,(H,15,16)(H,17,18). The highest BCUT2D eigenvalue weighted by atomic mass is 79.9. The van der Waals surface area contributed by atoms with Gasteiger partial charge in [0.25, 0.3) is 0 Å². The van der Waals surface area contributed by atoms with Crippen LogP contribution in [-0.4, -0.2) is 16.1 Å². The summed E-state index contributed by atoms with van der Waals surface area (Å²) in [7, 11) is 0. The molecule has 92 valence electrons. The van der Waals surface area contributed by atoms with Crippen LogP contribution in [0.15, 0.2) is 41.0 Å². The molecule has 0 aliphatic rings. The molecule has 18 heavy (non-hydrogen) atoms. The molecule has 0 unspecified atom stereocenters. The van der Waals surface area contributed by atoms with E-state index in [1.807, 2.05) is 24.3 Å². The molecule has 1 heterocycles. The van der Waals surface area contributed by atoms with Gasteiger partial charge in [-0.05, 0) is 34.1 Å². The number of aromatic carboxylic acids is 1. The number of hydrogen-bond donors (Lipinski definition) is 2. The van der Waals surface area contributed by atoms with E-state index in [1.54, 1.807) is 0 Å². The molecule has 1 aromatic heterocycles. The van der Waals surface area contributed by atoms with E-state index in [-0.39, 0.29) is 10.6 Å². The molecule has 1 aromatic carbocycles. The Morgan fingerprint density at radius 3 is 2.78 bits per heavy atom. The Balaban J connectivity index is 2.33. The van der Waals surface area contributed by atoms with Crippen molar-refractivity contribution in [3.05, 3.63) is 51.6 Å². The van der Waals surface area contributed by atoms with Gasteiger partial charge in [-0.25, -0.2) is 9.78 Å². The third-order valence-corrected chi connectivity index (χ3v) is 3.22. The first-order chi connectivity index (χ1) is 8.58. The molecular weight excluding hydrogens is 320 g/mol. The van der Waals surface area contributed by atoms with E-state index < -0.39 is 5.97 Å². The highest BCUT2D eigenvalue weighted by Crippen LogP contribution is 2.26. The molecule has 0 atom stereocenters. The van der Waals surface area contributed by atoms with Gasteiger partial charge in [0.05, 0.1) is 16.3 Å². The van der Waals surface area contributed by atoms with Crippen molar-refractivity contribution in [3.8, 4) is 0 Å². The van der Waals surface area contributed by atoms with Crippen LogP contribution in [0.1, 0.15) is 10.4 Å². The first kappa shape index (κ1) is 12.9. The van der Waals surface area contributed by atoms with E-state index in [2.05, 4.69) is 26.2 Å². The summed E-state index contributed by atoms with van der Waals surface area (Å²) in [6.07, 6.45) is 1.31. The van der Waals surface area contributed by atoms with Crippen LogP contribution in [0.4, 0.5) is 11.5 Å². The van der Waals surface area contributed by atoms with Crippen molar-refractivity contribution in [1.82, 2.24) is 4.98 Å². The molecule has 4 nitrogen and oxygen atoms in total. The van der Waals surface area contributed by atoms with Crippen LogP contribution in [0.3, 0.4) is 0 Å². The Labute approximate surface area is 117 Å². The second kappa shape index (κ2) is 5.37. The molecule has 0 saturated heterocycles. The number of carboxylic acids is 1. The maximum Gasteiger partial charge on any atom is 0.337 e. The fourth-order valence-corrected chi connectivity index (χ4v) is 1.94. The Hall–Kier alpha value is -1.59. The van der Waals surface area contributed by atoms with Crippen molar-refractivity contribution in [2.45, 2.75) is 0 Å². The number of rotatable bonds is 3. The molecule has 6 heteroatoms. The van der Waals surface area contributed by atoms with Crippen molar-refractivity contribution in [3.63, 3.8) is 0 Å². The number of para-hydroxylation sites is 1. The Morgan fingerprint density at radius 1 is 1.39 bits per heavy atom. The van der Waals surface area contributed by atoms with Gasteiger partial charge in [-0.3, -0.25) is 0 Å². The first-order valence-corrected chi connectivity index (χ1v) is 6.15. The summed E-state index contributed by atoms with van der Waals surface area (Å²) >= 11 is 9.13. The molecule has 0 aliphatic heterocycles. The minimum absolute atomic E-state index is 0.0150. The summed E-state index contributed by atoms with van der Waals surface area (Å²) < 4.78 is 0.860. The minimum Gasteiger partial charge on any atom is -0.478 e. The van der Waals surface area contributed by atoms with Crippen molar-refractivity contribution in [1.29, 1.82) is 0 Å². The molecule has 0 bridgehead atoms. The summed E-state index contributed by atoms with van der Waals surface area (Å²) in [5.74, 6) is -0.665. The van der Waals surface area contributed by atoms with Gasteiger partial charge in [-0.15, -0.1) is 0 Å². The zero-order valence-electron chi connectivity index (χ0n) is 9.02. The Kier molecular flexibility index (Phi) is 3.84. The zero-order valence-corrected chi connectivity index (χ0v) is 11.4. The molecule has 0 radical (unpaired) electrons. The van der Waals surface area contributed by atoms with E-state index in [0.29, 0.717) is 5.82 Å². The average Bonchev–Trinajstić information content (AvgIpc) is 2.34. The second-order valence-corrected chi connectivity index (χ2v) is 4.72. The Morgan fingerprint density at radius 2 is 2.11 bits per heavy atom. The number of nitrogens with zero attached hydrogens (tertiary/aromatic N) is 1. The highest BCUT2D eigenvalue weighted by Gasteiger charge is 2.10. The summed E-state index contributed by atoms with van der Waals surface area (Å²) in [6, 6.07) is 8.86. The number of hydrogen-bond acceptors (Lipinski definition) is 3. The summed E-state index contributed by atoms with van der Waals surface area (Å²) in [5, 5.41) is 12.1. The largest absolute Gasteiger partial charge is 0.478 e. The third-order valence-electron chi connectivity index (χ3n) is 2.22. The second-order valence-electron chi connectivity index (χ2n) is 3.46. The SMILES string of the molecule is O=C(O)c1cc(Nc2ccccc2Br)ncc1Cl. The zero-order chi connectivity index (χ0) is 13.1. The number of carboxylic acid groups (broad SMARTS) is 1.